The van der Waals surface area contributed by atoms with Crippen LogP contribution >= 0.6 is 0 Å². The van der Waals surface area contributed by atoms with E-state index in [1.165, 1.54) is 0 Å². The lowest BCUT2D eigenvalue weighted by atomic mass is 9.76. The van der Waals surface area contributed by atoms with Crippen LogP contribution < -0.4 is 21.5 Å². The van der Waals surface area contributed by atoms with Gasteiger partial charge < -0.3 is 11.1 Å². The van der Waals surface area contributed by atoms with Crippen LogP contribution in [0.15, 0.2) is 108 Å². The van der Waals surface area contributed by atoms with E-state index >= 15 is 0 Å². The topological polar surface area (TPSA) is 84.6 Å². The number of para-hydroxylation sites is 2. The van der Waals surface area contributed by atoms with Gasteiger partial charge in [-0.05, 0) is 63.1 Å². The Labute approximate surface area is 245 Å². The number of hydrogen-bond acceptors (Lipinski definition) is 5. The highest BCUT2D eigenvalue weighted by Crippen LogP contribution is 2.33. The molecule has 7 rings (SSSR count). The average Bonchev–Trinajstić information content (AvgIpc) is 3.29. The molecule has 0 saturated heterocycles. The van der Waals surface area contributed by atoms with Crippen molar-refractivity contribution in [3.63, 3.8) is 0 Å². The number of ketones is 2. The fourth-order valence-electron chi connectivity index (χ4n) is 5.99. The van der Waals surface area contributed by atoms with Gasteiger partial charge >= 0.3 is 0 Å². The molecule has 0 radical (unpaired) electrons. The highest BCUT2D eigenvalue weighted by Gasteiger charge is 2.36. The number of benzene rings is 4. The molecule has 0 saturated carbocycles. The lowest BCUT2D eigenvalue weighted by molar-refractivity contribution is -0.114. The molecule has 5 heteroatoms. The third kappa shape index (κ3) is 5.04. The quantitative estimate of drug-likeness (QED) is 0.321. The lowest BCUT2D eigenvalue weighted by Crippen LogP contribution is -2.47. The van der Waals surface area contributed by atoms with Gasteiger partial charge in [-0.15, -0.1) is 0 Å². The summed E-state index contributed by atoms with van der Waals surface area (Å²) in [7, 11) is 0. The first kappa shape index (κ1) is 27.3. The van der Waals surface area contributed by atoms with Crippen molar-refractivity contribution in [3.05, 3.63) is 141 Å². The number of nitrogens with one attached hydrogen (secondary N) is 1. The smallest absolute Gasteiger partial charge is 0.188 e. The van der Waals surface area contributed by atoms with Crippen molar-refractivity contribution in [2.24, 2.45) is 10.7 Å². The van der Waals surface area contributed by atoms with Gasteiger partial charge in [0.25, 0.3) is 0 Å². The summed E-state index contributed by atoms with van der Waals surface area (Å²) in [6, 6.07) is 29.4. The number of fused-ring (bicyclic) bond motifs is 5. The summed E-state index contributed by atoms with van der Waals surface area (Å²) >= 11 is 0. The minimum absolute atomic E-state index is 0.0715. The second-order valence-corrected chi connectivity index (χ2v) is 10.7. The molecule has 1 heterocycles. The van der Waals surface area contributed by atoms with E-state index in [4.69, 9.17) is 5.73 Å². The second kappa shape index (κ2) is 11.9. The molecule has 4 aromatic rings. The van der Waals surface area contributed by atoms with E-state index in [-0.39, 0.29) is 17.5 Å². The van der Waals surface area contributed by atoms with Crippen molar-refractivity contribution >= 4 is 40.8 Å². The Morgan fingerprint density at radius 3 is 2.38 bits per heavy atom. The number of anilines is 1. The van der Waals surface area contributed by atoms with Crippen LogP contribution in [-0.2, 0) is 4.79 Å². The number of nitrogens with two attached hydrogens (primary N) is 1. The van der Waals surface area contributed by atoms with Gasteiger partial charge in [0.1, 0.15) is 6.04 Å². The van der Waals surface area contributed by atoms with E-state index in [9.17, 15) is 9.59 Å². The zero-order valence-electron chi connectivity index (χ0n) is 23.6. The van der Waals surface area contributed by atoms with Gasteiger partial charge in [0.2, 0.25) is 0 Å². The molecule has 42 heavy (non-hydrogen) atoms. The first-order valence-corrected chi connectivity index (χ1v) is 14.5. The molecule has 4 aromatic carbocycles. The van der Waals surface area contributed by atoms with Crippen LogP contribution in [0.5, 0.6) is 0 Å². The van der Waals surface area contributed by atoms with Gasteiger partial charge in [-0.2, -0.15) is 0 Å². The van der Waals surface area contributed by atoms with Crippen molar-refractivity contribution in [2.75, 3.05) is 5.32 Å². The summed E-state index contributed by atoms with van der Waals surface area (Å²) in [6.45, 7) is 2.10. The first-order valence-electron chi connectivity index (χ1n) is 14.5. The average molecular weight is 552 g/mol. The molecule has 2 unspecified atom stereocenters. The van der Waals surface area contributed by atoms with Crippen LogP contribution in [0, 0.1) is 10.4 Å². The molecular formula is C37H33N3O2. The number of nitrogens with zero attached hydrogens (tertiary/aromatic N) is 1. The van der Waals surface area contributed by atoms with Gasteiger partial charge in [-0.3, -0.25) is 14.6 Å². The largest absolute Gasteiger partial charge is 0.360 e. The third-order valence-corrected chi connectivity index (χ3v) is 8.07. The first-order chi connectivity index (χ1) is 20.6. The van der Waals surface area contributed by atoms with Crippen LogP contribution in [0.25, 0.3) is 11.6 Å². The summed E-state index contributed by atoms with van der Waals surface area (Å²) in [4.78, 5) is 30.6. The van der Waals surface area contributed by atoms with Crippen LogP contribution in [-0.4, -0.2) is 23.8 Å². The van der Waals surface area contributed by atoms with Gasteiger partial charge in [-0.1, -0.05) is 98.3 Å². The minimum atomic E-state index is -1.11. The molecule has 5 nitrogen and oxygen atoms in total. The predicted molar refractivity (Wildman–Crippen MR) is 170 cm³/mol. The maximum Gasteiger partial charge on any atom is 0.188 e. The lowest BCUT2D eigenvalue weighted by Gasteiger charge is -2.26. The molecule has 0 amide bonds. The summed E-state index contributed by atoms with van der Waals surface area (Å²) < 4.78 is 0. The Bertz CT molecular complexity index is 1960. The van der Waals surface area contributed by atoms with Crippen molar-refractivity contribution in [2.45, 2.75) is 38.1 Å². The number of carbonyl (C=O) groups excluding carboxylic acids is 2. The Hall–Kier alpha value is -4.87. The van der Waals surface area contributed by atoms with E-state index in [2.05, 4.69) is 53.6 Å². The Morgan fingerprint density at radius 2 is 1.55 bits per heavy atom. The number of hydrogen-bond donors (Lipinski definition) is 2. The second-order valence-electron chi connectivity index (χ2n) is 10.7. The number of aliphatic imine (C=N–C) groups is 1. The van der Waals surface area contributed by atoms with Crippen molar-refractivity contribution in [3.8, 4) is 0 Å². The molecule has 1 aliphatic heterocycles. The Balaban J connectivity index is 0.000000240. The fraction of sp³-hybridized carbons (Fsp3) is 0.162. The van der Waals surface area contributed by atoms with E-state index in [1.807, 2.05) is 72.9 Å². The molecule has 208 valence electrons. The SMILES string of the molecule is C1=CNc2ccccc2N=C1.CCCCC1=c2ccc3c(c2C(=O)C(N)C1=O)C(c1ccccc1)C=c1ccccc1=3. The molecule has 3 aliphatic rings. The van der Waals surface area contributed by atoms with Crippen LogP contribution in [0.2, 0.25) is 0 Å². The molecule has 2 atom stereocenters. The molecule has 3 N–H and O–H groups in total. The highest BCUT2D eigenvalue weighted by molar-refractivity contribution is 6.32. The van der Waals surface area contributed by atoms with Gasteiger partial charge in [0, 0.05) is 29.5 Å². The number of Topliss-reactive ketones (excluding diaryl/α,β-unsaturated/α-hetero) is 2. The maximum absolute atomic E-state index is 13.4. The summed E-state index contributed by atoms with van der Waals surface area (Å²) in [5, 5.41) is 7.21. The predicted octanol–water partition coefficient (Wildman–Crippen LogP) is 5.66. The van der Waals surface area contributed by atoms with Crippen molar-refractivity contribution < 1.29 is 9.59 Å². The van der Waals surface area contributed by atoms with E-state index in [0.717, 1.165) is 56.2 Å². The molecule has 2 aliphatic carbocycles. The van der Waals surface area contributed by atoms with Crippen molar-refractivity contribution in [1.29, 1.82) is 0 Å². The molecule has 0 spiro atoms. The molecule has 0 fully saturated rings. The summed E-state index contributed by atoms with van der Waals surface area (Å²) in [5.41, 5.74) is 11.7. The number of carbonyl (C=O) groups is 2. The highest BCUT2D eigenvalue weighted by atomic mass is 16.2. The number of rotatable bonds is 4. The van der Waals surface area contributed by atoms with Gasteiger partial charge in [-0.25, -0.2) is 0 Å². The third-order valence-electron chi connectivity index (χ3n) is 8.07. The standard InChI is InChI=1S/C28H25NO2.C9H8N2/c1-2-3-12-22-21-15-14-20-19-13-8-7-11-18(19)16-23(17-9-5-4-6-10-17)24(20)25(21)28(31)26(29)27(22)30;1-2-5-9-8(4-1)10-6-3-7-11-9/h4-11,13-16,23,26H,2-3,12,29H2,1H3;1-7,10H. The van der Waals surface area contributed by atoms with Crippen LogP contribution in [0.4, 0.5) is 11.4 Å². The number of unbranched alkanes of at least 4 members (excludes halogenated alkanes) is 1. The van der Waals surface area contributed by atoms with Crippen molar-refractivity contribution in [1.82, 2.24) is 0 Å². The Morgan fingerprint density at radius 1 is 0.810 bits per heavy atom. The van der Waals surface area contributed by atoms with Crippen LogP contribution in [0.1, 0.15) is 53.6 Å². The molecule has 0 bridgehead atoms. The van der Waals surface area contributed by atoms with Crippen LogP contribution in [0.3, 0.4) is 0 Å². The number of allylic oxidation sites excluding steroid dienone is 1. The van der Waals surface area contributed by atoms with Gasteiger partial charge in [0.15, 0.2) is 11.6 Å². The maximum atomic E-state index is 13.4. The zero-order valence-corrected chi connectivity index (χ0v) is 23.6. The fourth-order valence-corrected chi connectivity index (χ4v) is 5.99. The molecular weight excluding hydrogens is 518 g/mol. The summed E-state index contributed by atoms with van der Waals surface area (Å²) in [6.07, 6.45) is 10.3. The van der Waals surface area contributed by atoms with E-state index < -0.39 is 6.04 Å². The van der Waals surface area contributed by atoms with E-state index in [0.29, 0.717) is 17.6 Å². The normalized spacial score (nSPS) is 17.8. The monoisotopic (exact) mass is 551 g/mol. The minimum Gasteiger partial charge on any atom is -0.360 e. The Kier molecular flexibility index (Phi) is 7.76. The molecule has 0 aromatic heterocycles. The zero-order chi connectivity index (χ0) is 29.1. The van der Waals surface area contributed by atoms with Gasteiger partial charge in [0.05, 0.1) is 11.4 Å². The summed E-state index contributed by atoms with van der Waals surface area (Å²) in [5.74, 6) is -0.550. The van der Waals surface area contributed by atoms with E-state index in [1.54, 1.807) is 6.21 Å².